The summed E-state index contributed by atoms with van der Waals surface area (Å²) in [5.74, 6) is 9.31. The topological polar surface area (TPSA) is 81.4 Å². The van der Waals surface area contributed by atoms with Crippen molar-refractivity contribution in [2.75, 3.05) is 13.1 Å². The van der Waals surface area contributed by atoms with Crippen molar-refractivity contribution in [2.24, 2.45) is 5.92 Å². The normalized spacial score (nSPS) is 21.7. The van der Waals surface area contributed by atoms with Crippen LogP contribution in [0, 0.1) is 17.8 Å². The number of rotatable bonds is 4. The van der Waals surface area contributed by atoms with Crippen molar-refractivity contribution in [3.05, 3.63) is 83.7 Å². The Bertz CT molecular complexity index is 1350. The van der Waals surface area contributed by atoms with Crippen LogP contribution in [-0.4, -0.2) is 33.0 Å². The lowest BCUT2D eigenvalue weighted by molar-refractivity contribution is 0.588. The first-order valence-corrected chi connectivity index (χ1v) is 12.5. The predicted octanol–water partition coefficient (Wildman–Crippen LogP) is 4.96. The molecule has 0 radical (unpaired) electrons. The lowest BCUT2D eigenvalue weighted by Gasteiger charge is -2.06. The van der Waals surface area contributed by atoms with E-state index in [0.29, 0.717) is 18.0 Å². The van der Waals surface area contributed by atoms with Gasteiger partial charge in [0.2, 0.25) is 0 Å². The zero-order valence-corrected chi connectivity index (χ0v) is 19.9. The highest BCUT2D eigenvalue weighted by atomic mass is 15.0. The van der Waals surface area contributed by atoms with E-state index in [1.165, 1.54) is 6.42 Å². The molecule has 4 N–H and O–H groups in total. The minimum atomic E-state index is 0.329. The Kier molecular flexibility index (Phi) is 5.95. The van der Waals surface area contributed by atoms with Crippen LogP contribution in [0.25, 0.3) is 22.5 Å². The van der Waals surface area contributed by atoms with Crippen LogP contribution in [-0.2, 0) is 0 Å². The fourth-order valence-corrected chi connectivity index (χ4v) is 4.97. The molecule has 176 valence electrons. The van der Waals surface area contributed by atoms with E-state index in [-0.39, 0.29) is 0 Å². The van der Waals surface area contributed by atoms with Crippen molar-refractivity contribution in [3.8, 4) is 34.4 Å². The van der Waals surface area contributed by atoms with Crippen molar-refractivity contribution in [3.63, 3.8) is 0 Å². The van der Waals surface area contributed by atoms with Gasteiger partial charge in [-0.3, -0.25) is 0 Å². The average Bonchev–Trinajstić information content (AvgIpc) is 3.70. The van der Waals surface area contributed by atoms with Gasteiger partial charge >= 0.3 is 0 Å². The first kappa shape index (κ1) is 21.8. The summed E-state index contributed by atoms with van der Waals surface area (Å²) >= 11 is 0. The zero-order chi connectivity index (χ0) is 23.6. The van der Waals surface area contributed by atoms with E-state index in [2.05, 4.69) is 97.9 Å². The van der Waals surface area contributed by atoms with Crippen molar-refractivity contribution < 1.29 is 0 Å². The van der Waals surface area contributed by atoms with Crippen LogP contribution in [0.1, 0.15) is 61.0 Å². The van der Waals surface area contributed by atoms with Crippen LogP contribution in [0.4, 0.5) is 0 Å². The molecular formula is C29H30N6. The third-order valence-corrected chi connectivity index (χ3v) is 7.01. The van der Waals surface area contributed by atoms with Gasteiger partial charge < -0.3 is 20.6 Å². The predicted molar refractivity (Wildman–Crippen MR) is 139 cm³/mol. The van der Waals surface area contributed by atoms with Crippen molar-refractivity contribution in [2.45, 2.75) is 38.3 Å². The lowest BCUT2D eigenvalue weighted by atomic mass is 10.1. The van der Waals surface area contributed by atoms with E-state index in [4.69, 9.17) is 0 Å². The van der Waals surface area contributed by atoms with Gasteiger partial charge in [-0.15, -0.1) is 0 Å². The molecular weight excluding hydrogens is 432 g/mol. The van der Waals surface area contributed by atoms with Crippen LogP contribution < -0.4 is 10.6 Å². The Morgan fingerprint density at radius 3 is 1.80 bits per heavy atom. The van der Waals surface area contributed by atoms with Crippen LogP contribution in [0.2, 0.25) is 0 Å². The number of nitrogens with zero attached hydrogens (tertiary/aromatic N) is 2. The summed E-state index contributed by atoms with van der Waals surface area (Å²) in [6, 6.07) is 17.3. The standard InChI is InChI=1S/C29H30N6/c1-19-15-25(31-16-19)29-33-18-27(35-29)23-12-8-21(9-13-23)5-4-20-6-10-22(11-7-20)26-17-32-28(34-26)24-3-2-14-30-24/h6-13,17-19,24-25,30-31H,2-3,14-16H2,1H3,(H,32,34)(H,33,35)/t19-,24-,25-/m0/s1. The highest BCUT2D eigenvalue weighted by Gasteiger charge is 2.24. The number of nitrogens with one attached hydrogen (secondary N) is 4. The molecule has 2 saturated heterocycles. The average molecular weight is 463 g/mol. The van der Waals surface area contributed by atoms with Crippen LogP contribution in [0.15, 0.2) is 60.9 Å². The number of H-pyrrole nitrogens is 2. The molecule has 4 heterocycles. The van der Waals surface area contributed by atoms with E-state index in [1.54, 1.807) is 0 Å². The second-order valence-corrected chi connectivity index (χ2v) is 9.72. The second kappa shape index (κ2) is 9.53. The van der Waals surface area contributed by atoms with Gasteiger partial charge in [0, 0.05) is 11.1 Å². The summed E-state index contributed by atoms with van der Waals surface area (Å²) in [5, 5.41) is 7.02. The summed E-state index contributed by atoms with van der Waals surface area (Å²) in [4.78, 5) is 16.1. The number of aromatic amines is 2. The minimum Gasteiger partial charge on any atom is -0.341 e. The first-order chi connectivity index (χ1) is 17.2. The molecule has 2 aliphatic rings. The van der Waals surface area contributed by atoms with Gasteiger partial charge in [-0.05, 0) is 73.7 Å². The molecule has 6 heteroatoms. The summed E-state index contributed by atoms with van der Waals surface area (Å²) in [5.41, 5.74) is 6.32. The van der Waals surface area contributed by atoms with Gasteiger partial charge in [0.05, 0.1) is 35.9 Å². The number of benzene rings is 2. The third-order valence-electron chi connectivity index (χ3n) is 7.01. The van der Waals surface area contributed by atoms with E-state index in [1.807, 2.05) is 12.4 Å². The molecule has 35 heavy (non-hydrogen) atoms. The molecule has 2 fully saturated rings. The number of hydrogen-bond donors (Lipinski definition) is 4. The van der Waals surface area contributed by atoms with Crippen molar-refractivity contribution in [1.82, 2.24) is 30.6 Å². The Morgan fingerprint density at radius 1 is 0.743 bits per heavy atom. The molecule has 0 bridgehead atoms. The molecule has 0 spiro atoms. The van der Waals surface area contributed by atoms with Crippen molar-refractivity contribution >= 4 is 0 Å². The molecule has 0 aliphatic carbocycles. The molecule has 6 nitrogen and oxygen atoms in total. The third kappa shape index (κ3) is 4.79. The van der Waals surface area contributed by atoms with Crippen LogP contribution >= 0.6 is 0 Å². The van der Waals surface area contributed by atoms with Gasteiger partial charge in [-0.25, -0.2) is 9.97 Å². The second-order valence-electron chi connectivity index (χ2n) is 9.72. The van der Waals surface area contributed by atoms with Gasteiger partial charge in [0.1, 0.15) is 11.6 Å². The SMILES string of the molecule is C[C@@H]1CN[C@H](c2ncc(-c3ccc(C#Cc4ccc(-c5cnc([C@@H]6CCCN6)[nH]5)cc4)cc3)[nH]2)C1. The fourth-order valence-electron chi connectivity index (χ4n) is 4.97. The monoisotopic (exact) mass is 462 g/mol. The fraction of sp³-hybridized carbons (Fsp3) is 0.310. The van der Waals surface area contributed by atoms with Gasteiger partial charge in [0.25, 0.3) is 0 Å². The number of imidazole rings is 2. The maximum absolute atomic E-state index is 4.60. The molecule has 2 aliphatic heterocycles. The summed E-state index contributed by atoms with van der Waals surface area (Å²) in [7, 11) is 0. The summed E-state index contributed by atoms with van der Waals surface area (Å²) in [6.07, 6.45) is 7.32. The van der Waals surface area contributed by atoms with Gasteiger partial charge in [0.15, 0.2) is 0 Å². The highest BCUT2D eigenvalue weighted by Crippen LogP contribution is 2.27. The van der Waals surface area contributed by atoms with Crippen molar-refractivity contribution in [1.29, 1.82) is 0 Å². The van der Waals surface area contributed by atoms with E-state index in [0.717, 1.165) is 71.2 Å². The maximum atomic E-state index is 4.60. The largest absolute Gasteiger partial charge is 0.341 e. The Morgan fingerprint density at radius 2 is 1.31 bits per heavy atom. The smallest absolute Gasteiger partial charge is 0.123 e. The molecule has 3 atom stereocenters. The molecule has 6 rings (SSSR count). The van der Waals surface area contributed by atoms with Crippen LogP contribution in [0.5, 0.6) is 0 Å². The Balaban J connectivity index is 1.11. The summed E-state index contributed by atoms with van der Waals surface area (Å²) in [6.45, 7) is 4.39. The highest BCUT2D eigenvalue weighted by molar-refractivity contribution is 5.62. The van der Waals surface area contributed by atoms with E-state index in [9.17, 15) is 0 Å². The Hall–Kier alpha value is -3.66. The quantitative estimate of drug-likeness (QED) is 0.323. The molecule has 0 amide bonds. The zero-order valence-electron chi connectivity index (χ0n) is 19.9. The molecule has 0 unspecified atom stereocenters. The van der Waals surface area contributed by atoms with Gasteiger partial charge in [-0.1, -0.05) is 43.0 Å². The molecule has 4 aromatic rings. The van der Waals surface area contributed by atoms with Crippen LogP contribution in [0.3, 0.4) is 0 Å². The molecule has 0 saturated carbocycles. The van der Waals surface area contributed by atoms with Gasteiger partial charge in [-0.2, -0.15) is 0 Å². The first-order valence-electron chi connectivity index (χ1n) is 12.5. The minimum absolute atomic E-state index is 0.329. The lowest BCUT2D eigenvalue weighted by Crippen LogP contribution is -2.14. The summed E-state index contributed by atoms with van der Waals surface area (Å²) < 4.78 is 0. The molecule has 2 aromatic carbocycles. The van der Waals surface area contributed by atoms with E-state index >= 15 is 0 Å². The number of aromatic nitrogens is 4. The van der Waals surface area contributed by atoms with E-state index < -0.39 is 0 Å². The maximum Gasteiger partial charge on any atom is 0.123 e. The number of hydrogen-bond acceptors (Lipinski definition) is 4. The molecule has 2 aromatic heterocycles. The Labute approximate surface area is 206 Å².